The van der Waals surface area contributed by atoms with E-state index in [1.54, 1.807) is 24.3 Å². The van der Waals surface area contributed by atoms with E-state index in [1.807, 2.05) is 35.0 Å². The summed E-state index contributed by atoms with van der Waals surface area (Å²) in [5.41, 5.74) is 2.20. The summed E-state index contributed by atoms with van der Waals surface area (Å²) in [7, 11) is -3.41. The Bertz CT molecular complexity index is 1110. The van der Waals surface area contributed by atoms with E-state index in [1.165, 1.54) is 4.31 Å². The number of amides is 1. The van der Waals surface area contributed by atoms with Gasteiger partial charge in [0.05, 0.1) is 11.9 Å². The van der Waals surface area contributed by atoms with Gasteiger partial charge in [0.25, 0.3) is 0 Å². The van der Waals surface area contributed by atoms with Crippen molar-refractivity contribution >= 4 is 27.3 Å². The van der Waals surface area contributed by atoms with Crippen molar-refractivity contribution in [2.75, 3.05) is 18.1 Å². The summed E-state index contributed by atoms with van der Waals surface area (Å²) in [4.78, 5) is 17.1. The second-order valence-corrected chi connectivity index (χ2v) is 8.97. The van der Waals surface area contributed by atoms with Crippen molar-refractivity contribution in [1.82, 2.24) is 13.7 Å². The molecule has 0 bridgehead atoms. The molecule has 1 atom stereocenters. The lowest BCUT2D eigenvalue weighted by Gasteiger charge is -2.21. The van der Waals surface area contributed by atoms with Crippen LogP contribution in [0.4, 0.5) is 5.69 Å². The van der Waals surface area contributed by atoms with Gasteiger partial charge in [-0.05, 0) is 37.1 Å². The zero-order valence-corrected chi connectivity index (χ0v) is 16.8. The number of fused-ring (bicyclic) bond motifs is 1. The number of aromatic nitrogens is 2. The minimum atomic E-state index is -3.41. The van der Waals surface area contributed by atoms with Gasteiger partial charge < -0.3 is 14.5 Å². The maximum atomic E-state index is 12.6. The molecule has 0 radical (unpaired) electrons. The molecular formula is C20H22N4O4S. The maximum Gasteiger partial charge on any atom is 0.242 e. The third kappa shape index (κ3) is 4.41. The van der Waals surface area contributed by atoms with E-state index in [4.69, 9.17) is 4.74 Å². The third-order valence-electron chi connectivity index (χ3n) is 4.83. The van der Waals surface area contributed by atoms with Crippen molar-refractivity contribution in [3.63, 3.8) is 0 Å². The number of anilines is 1. The highest BCUT2D eigenvalue weighted by Crippen LogP contribution is 2.23. The second-order valence-electron chi connectivity index (χ2n) is 7.04. The molecule has 1 saturated heterocycles. The fraction of sp³-hybridized carbons (Fsp3) is 0.300. The molecule has 1 amide bonds. The van der Waals surface area contributed by atoms with Gasteiger partial charge in [-0.15, -0.1) is 0 Å². The molecule has 1 aliphatic heterocycles. The number of hydrogen-bond acceptors (Lipinski definition) is 5. The molecule has 1 aliphatic rings. The topological polar surface area (TPSA) is 93.0 Å². The maximum absolute atomic E-state index is 12.6. The van der Waals surface area contributed by atoms with Crippen molar-refractivity contribution in [3.05, 3.63) is 60.6 Å². The summed E-state index contributed by atoms with van der Waals surface area (Å²) in [6.45, 7) is 0.669. The van der Waals surface area contributed by atoms with E-state index >= 15 is 0 Å². The summed E-state index contributed by atoms with van der Waals surface area (Å²) < 4.78 is 32.7. The molecule has 0 aliphatic carbocycles. The highest BCUT2D eigenvalue weighted by molar-refractivity contribution is 7.88. The fourth-order valence-corrected chi connectivity index (χ4v) is 4.63. The van der Waals surface area contributed by atoms with Crippen molar-refractivity contribution in [3.8, 4) is 5.75 Å². The average molecular weight is 414 g/mol. The number of ether oxygens (including phenoxy) is 1. The summed E-state index contributed by atoms with van der Waals surface area (Å²) >= 11 is 0. The smallest absolute Gasteiger partial charge is 0.242 e. The third-order valence-corrected chi connectivity index (χ3v) is 6.12. The van der Waals surface area contributed by atoms with Crippen molar-refractivity contribution in [1.29, 1.82) is 0 Å². The van der Waals surface area contributed by atoms with Crippen LogP contribution in [0, 0.1) is 0 Å². The van der Waals surface area contributed by atoms with Crippen LogP contribution in [0.2, 0.25) is 0 Å². The number of pyridine rings is 1. The number of benzene rings is 1. The molecule has 152 valence electrons. The predicted molar refractivity (Wildman–Crippen MR) is 109 cm³/mol. The lowest BCUT2D eigenvalue weighted by Crippen LogP contribution is -2.42. The van der Waals surface area contributed by atoms with Crippen LogP contribution in [0.25, 0.3) is 5.65 Å². The Balaban J connectivity index is 1.41. The van der Waals surface area contributed by atoms with Crippen LogP contribution >= 0.6 is 0 Å². The molecule has 3 aromatic rings. The zero-order chi connectivity index (χ0) is 20.4. The van der Waals surface area contributed by atoms with Gasteiger partial charge in [0, 0.05) is 30.7 Å². The van der Waals surface area contributed by atoms with E-state index in [0.717, 1.165) is 17.6 Å². The summed E-state index contributed by atoms with van der Waals surface area (Å²) in [6, 6.07) is 12.1. The molecule has 1 aromatic carbocycles. The number of hydrogen-bond donors (Lipinski definition) is 1. The SMILES string of the molecule is CS(=O)(=O)N1CCCC1C(=O)Nc1cccc(OCc2cn3ccccc3n2)c1. The Morgan fingerprint density at radius 2 is 2.14 bits per heavy atom. The van der Waals surface area contributed by atoms with Gasteiger partial charge in [0.2, 0.25) is 15.9 Å². The second kappa shape index (κ2) is 7.84. The van der Waals surface area contributed by atoms with E-state index < -0.39 is 16.1 Å². The van der Waals surface area contributed by atoms with Gasteiger partial charge in [0.15, 0.2) is 0 Å². The number of imidazole rings is 1. The van der Waals surface area contributed by atoms with E-state index in [-0.39, 0.29) is 5.91 Å². The van der Waals surface area contributed by atoms with Crippen molar-refractivity contribution in [2.45, 2.75) is 25.5 Å². The molecule has 3 heterocycles. The first-order valence-corrected chi connectivity index (χ1v) is 11.2. The van der Waals surface area contributed by atoms with Gasteiger partial charge in [-0.25, -0.2) is 13.4 Å². The standard InChI is InChI=1S/C20H22N4O4S/c1-29(26,27)24-11-5-8-18(24)20(25)22-15-6-4-7-17(12-15)28-14-16-13-23-10-3-2-9-19(23)21-16/h2-4,6-7,9-10,12-13,18H,5,8,11,14H2,1H3,(H,22,25). The summed E-state index contributed by atoms with van der Waals surface area (Å²) in [5.74, 6) is 0.261. The molecule has 0 spiro atoms. The van der Waals surface area contributed by atoms with Crippen LogP contribution in [-0.4, -0.2) is 46.9 Å². The molecule has 8 nitrogen and oxygen atoms in total. The Hall–Kier alpha value is -2.91. The lowest BCUT2D eigenvalue weighted by molar-refractivity contribution is -0.119. The quantitative estimate of drug-likeness (QED) is 0.668. The molecule has 0 saturated carbocycles. The first-order chi connectivity index (χ1) is 13.9. The van der Waals surface area contributed by atoms with Crippen LogP contribution in [0.15, 0.2) is 54.9 Å². The van der Waals surface area contributed by atoms with Gasteiger partial charge >= 0.3 is 0 Å². The molecule has 1 unspecified atom stereocenters. The van der Waals surface area contributed by atoms with Gasteiger partial charge in [-0.1, -0.05) is 12.1 Å². The van der Waals surface area contributed by atoms with Crippen LogP contribution in [0.3, 0.4) is 0 Å². The van der Waals surface area contributed by atoms with Crippen LogP contribution < -0.4 is 10.1 Å². The van der Waals surface area contributed by atoms with Gasteiger partial charge in [0.1, 0.15) is 24.0 Å². The molecular weight excluding hydrogens is 392 g/mol. The van der Waals surface area contributed by atoms with Gasteiger partial charge in [-0.2, -0.15) is 4.31 Å². The molecule has 4 rings (SSSR count). The average Bonchev–Trinajstić information content (AvgIpc) is 3.33. The van der Waals surface area contributed by atoms with E-state index in [0.29, 0.717) is 37.4 Å². The van der Waals surface area contributed by atoms with Crippen LogP contribution in [0.1, 0.15) is 18.5 Å². The number of carbonyl (C=O) groups is 1. The predicted octanol–water partition coefficient (Wildman–Crippen LogP) is 2.28. The highest BCUT2D eigenvalue weighted by atomic mass is 32.2. The summed E-state index contributed by atoms with van der Waals surface area (Å²) in [5, 5.41) is 2.80. The largest absolute Gasteiger partial charge is 0.487 e. The number of rotatable bonds is 6. The molecule has 9 heteroatoms. The Morgan fingerprint density at radius 1 is 1.28 bits per heavy atom. The van der Waals surface area contributed by atoms with Gasteiger partial charge in [-0.3, -0.25) is 4.79 Å². The number of carbonyl (C=O) groups excluding carboxylic acids is 1. The fourth-order valence-electron chi connectivity index (χ4n) is 3.50. The van der Waals surface area contributed by atoms with Crippen molar-refractivity contribution < 1.29 is 17.9 Å². The lowest BCUT2D eigenvalue weighted by atomic mass is 10.2. The normalized spacial score (nSPS) is 17.5. The van der Waals surface area contributed by atoms with Crippen LogP contribution in [0.5, 0.6) is 5.75 Å². The first kappa shape index (κ1) is 19.4. The Kier molecular flexibility index (Phi) is 5.25. The highest BCUT2D eigenvalue weighted by Gasteiger charge is 2.36. The van der Waals surface area contributed by atoms with E-state index in [2.05, 4.69) is 10.3 Å². The number of sulfonamides is 1. The Labute approximate surface area is 169 Å². The van der Waals surface area contributed by atoms with E-state index in [9.17, 15) is 13.2 Å². The molecule has 1 N–H and O–H groups in total. The number of nitrogens with one attached hydrogen (secondary N) is 1. The first-order valence-electron chi connectivity index (χ1n) is 9.33. The monoisotopic (exact) mass is 414 g/mol. The zero-order valence-electron chi connectivity index (χ0n) is 16.0. The summed E-state index contributed by atoms with van der Waals surface area (Å²) in [6.07, 6.45) is 6.15. The number of nitrogens with zero attached hydrogens (tertiary/aromatic N) is 3. The Morgan fingerprint density at radius 3 is 2.93 bits per heavy atom. The minimum Gasteiger partial charge on any atom is -0.487 e. The van der Waals surface area contributed by atoms with Crippen molar-refractivity contribution in [2.24, 2.45) is 0 Å². The molecule has 1 fully saturated rings. The molecule has 29 heavy (non-hydrogen) atoms. The minimum absolute atomic E-state index is 0.295. The van der Waals surface area contributed by atoms with Crippen LogP contribution in [-0.2, 0) is 21.4 Å². The molecule has 2 aromatic heterocycles.